The number of carbonyl (C=O) groups is 1. The van der Waals surface area contributed by atoms with E-state index in [4.69, 9.17) is 4.42 Å². The van der Waals surface area contributed by atoms with Crippen LogP contribution in [0.3, 0.4) is 0 Å². The molecule has 4 rings (SSSR count). The maximum Gasteiger partial charge on any atom is 0.234 e. The number of rotatable bonds is 7. The summed E-state index contributed by atoms with van der Waals surface area (Å²) < 4.78 is 7.36. The highest BCUT2D eigenvalue weighted by molar-refractivity contribution is 7.99. The average Bonchev–Trinajstić information content (AvgIpc) is 3.40. The molecule has 0 radical (unpaired) electrons. The standard InChI is InChI=1S/C21H20N6O2S/c1-14-5-3-6-15(2)19(14)24-18(28)13-30-21-26-25-20(17-11-22-8-9-23-17)27(21)12-16-7-4-10-29-16/h3-11H,12-13H2,1-2H3,(H,24,28). The van der Waals surface area contributed by atoms with Crippen molar-refractivity contribution in [3.63, 3.8) is 0 Å². The van der Waals surface area contributed by atoms with Gasteiger partial charge in [0.2, 0.25) is 5.91 Å². The molecule has 0 aliphatic rings. The molecule has 1 N–H and O–H groups in total. The van der Waals surface area contributed by atoms with Crippen molar-refractivity contribution in [2.24, 2.45) is 0 Å². The van der Waals surface area contributed by atoms with Gasteiger partial charge in [-0.15, -0.1) is 10.2 Å². The number of carbonyl (C=O) groups excluding carboxylic acids is 1. The van der Waals surface area contributed by atoms with Crippen molar-refractivity contribution in [1.29, 1.82) is 0 Å². The highest BCUT2D eigenvalue weighted by Crippen LogP contribution is 2.25. The van der Waals surface area contributed by atoms with Crippen molar-refractivity contribution in [3.05, 3.63) is 72.1 Å². The SMILES string of the molecule is Cc1cccc(C)c1NC(=O)CSc1nnc(-c2cnccn2)n1Cc1ccco1. The number of anilines is 1. The Bertz CT molecular complexity index is 1120. The number of furan rings is 1. The molecule has 0 bridgehead atoms. The van der Waals surface area contributed by atoms with Crippen molar-refractivity contribution < 1.29 is 9.21 Å². The van der Waals surface area contributed by atoms with Gasteiger partial charge in [0.25, 0.3) is 0 Å². The normalized spacial score (nSPS) is 10.9. The van der Waals surface area contributed by atoms with E-state index >= 15 is 0 Å². The van der Waals surface area contributed by atoms with Gasteiger partial charge in [0.05, 0.1) is 24.8 Å². The number of hydrogen-bond acceptors (Lipinski definition) is 7. The Morgan fingerprint density at radius 3 is 2.67 bits per heavy atom. The van der Waals surface area contributed by atoms with Crippen LogP contribution in [0.25, 0.3) is 11.5 Å². The van der Waals surface area contributed by atoms with E-state index in [0.717, 1.165) is 22.6 Å². The number of aryl methyl sites for hydroxylation is 2. The fourth-order valence-electron chi connectivity index (χ4n) is 3.02. The molecular weight excluding hydrogens is 400 g/mol. The zero-order valence-electron chi connectivity index (χ0n) is 16.6. The van der Waals surface area contributed by atoms with Gasteiger partial charge in [-0.05, 0) is 37.1 Å². The molecule has 3 heterocycles. The summed E-state index contributed by atoms with van der Waals surface area (Å²) in [5.74, 6) is 1.41. The number of thioether (sulfide) groups is 1. The number of hydrogen-bond donors (Lipinski definition) is 1. The maximum atomic E-state index is 12.6. The third-order valence-corrected chi connectivity index (χ3v) is 5.45. The molecule has 0 atom stereocenters. The molecule has 0 aliphatic carbocycles. The molecule has 0 unspecified atom stereocenters. The molecule has 9 heteroatoms. The Hall–Kier alpha value is -3.46. The average molecular weight is 420 g/mol. The van der Waals surface area contributed by atoms with Crippen molar-refractivity contribution in [2.45, 2.75) is 25.5 Å². The first-order chi connectivity index (χ1) is 14.6. The summed E-state index contributed by atoms with van der Waals surface area (Å²) in [6.07, 6.45) is 6.45. The third kappa shape index (κ3) is 4.41. The second-order valence-electron chi connectivity index (χ2n) is 6.67. The van der Waals surface area contributed by atoms with Crippen molar-refractivity contribution in [1.82, 2.24) is 24.7 Å². The van der Waals surface area contributed by atoms with Gasteiger partial charge in [-0.3, -0.25) is 14.3 Å². The van der Waals surface area contributed by atoms with Crippen LogP contribution < -0.4 is 5.32 Å². The highest BCUT2D eigenvalue weighted by Gasteiger charge is 2.18. The number of benzene rings is 1. The summed E-state index contributed by atoms with van der Waals surface area (Å²) in [6.45, 7) is 4.37. The zero-order valence-corrected chi connectivity index (χ0v) is 17.4. The van der Waals surface area contributed by atoms with E-state index in [0.29, 0.717) is 23.2 Å². The molecular formula is C21H20N6O2S. The van der Waals surface area contributed by atoms with Gasteiger partial charge in [-0.1, -0.05) is 30.0 Å². The van der Waals surface area contributed by atoms with Crippen LogP contribution in [0.4, 0.5) is 5.69 Å². The summed E-state index contributed by atoms with van der Waals surface area (Å²) >= 11 is 1.31. The number of nitrogens with zero attached hydrogens (tertiary/aromatic N) is 5. The second kappa shape index (κ2) is 8.91. The lowest BCUT2D eigenvalue weighted by Crippen LogP contribution is -2.16. The summed E-state index contributed by atoms with van der Waals surface area (Å²) in [5, 5.41) is 12.1. The van der Waals surface area contributed by atoms with Gasteiger partial charge < -0.3 is 9.73 Å². The fourth-order valence-corrected chi connectivity index (χ4v) is 3.76. The summed E-state index contributed by atoms with van der Waals surface area (Å²) in [5.41, 5.74) is 3.50. The molecule has 30 heavy (non-hydrogen) atoms. The number of para-hydroxylation sites is 1. The molecule has 0 aliphatic heterocycles. The summed E-state index contributed by atoms with van der Waals surface area (Å²) in [7, 11) is 0. The Morgan fingerprint density at radius 1 is 1.13 bits per heavy atom. The quantitative estimate of drug-likeness (QED) is 0.455. The summed E-state index contributed by atoms with van der Waals surface area (Å²) in [4.78, 5) is 21.0. The maximum absolute atomic E-state index is 12.6. The molecule has 152 valence electrons. The Morgan fingerprint density at radius 2 is 1.97 bits per heavy atom. The van der Waals surface area contributed by atoms with Gasteiger partial charge in [0.15, 0.2) is 11.0 Å². The molecule has 0 spiro atoms. The monoisotopic (exact) mass is 420 g/mol. The zero-order chi connectivity index (χ0) is 20.9. The largest absolute Gasteiger partial charge is 0.467 e. The van der Waals surface area contributed by atoms with Crippen LogP contribution in [0.15, 0.2) is 64.8 Å². The van der Waals surface area contributed by atoms with E-state index in [1.54, 1.807) is 24.9 Å². The van der Waals surface area contributed by atoms with E-state index in [9.17, 15) is 4.79 Å². The Labute approximate surface area is 177 Å². The predicted octanol–water partition coefficient (Wildman–Crippen LogP) is 3.72. The first-order valence-electron chi connectivity index (χ1n) is 9.32. The summed E-state index contributed by atoms with van der Waals surface area (Å²) in [6, 6.07) is 9.63. The molecule has 8 nitrogen and oxygen atoms in total. The third-order valence-electron chi connectivity index (χ3n) is 4.48. The smallest absolute Gasteiger partial charge is 0.234 e. The van der Waals surface area contributed by atoms with Crippen molar-refractivity contribution in [3.8, 4) is 11.5 Å². The van der Waals surface area contributed by atoms with Gasteiger partial charge in [0, 0.05) is 18.1 Å². The van der Waals surface area contributed by atoms with E-state index in [-0.39, 0.29) is 11.7 Å². The molecule has 0 saturated heterocycles. The first-order valence-corrected chi connectivity index (χ1v) is 10.3. The highest BCUT2D eigenvalue weighted by atomic mass is 32.2. The minimum atomic E-state index is -0.106. The van der Waals surface area contributed by atoms with Gasteiger partial charge in [-0.2, -0.15) is 0 Å². The lowest BCUT2D eigenvalue weighted by Gasteiger charge is -2.11. The molecule has 3 aromatic heterocycles. The lowest BCUT2D eigenvalue weighted by molar-refractivity contribution is -0.113. The first kappa shape index (κ1) is 19.8. The van der Waals surface area contributed by atoms with Crippen molar-refractivity contribution >= 4 is 23.4 Å². The molecule has 0 saturated carbocycles. The fraction of sp³-hybridized carbons (Fsp3) is 0.190. The van der Waals surface area contributed by atoms with E-state index in [2.05, 4.69) is 25.5 Å². The van der Waals surface area contributed by atoms with Crippen LogP contribution in [0.5, 0.6) is 0 Å². The number of amides is 1. The Kier molecular flexibility index (Phi) is 5.89. The molecule has 0 fully saturated rings. The van der Waals surface area contributed by atoms with Crippen molar-refractivity contribution in [2.75, 3.05) is 11.1 Å². The number of aromatic nitrogens is 5. The van der Waals surface area contributed by atoms with Gasteiger partial charge in [-0.25, -0.2) is 4.98 Å². The van der Waals surface area contributed by atoms with E-state index in [1.165, 1.54) is 11.8 Å². The minimum absolute atomic E-state index is 0.106. The number of nitrogens with one attached hydrogen (secondary N) is 1. The van der Waals surface area contributed by atoms with Crippen LogP contribution >= 0.6 is 11.8 Å². The molecule has 1 amide bonds. The topological polar surface area (TPSA) is 98.7 Å². The second-order valence-corrected chi connectivity index (χ2v) is 7.61. The van der Waals surface area contributed by atoms with Crippen LogP contribution in [0.2, 0.25) is 0 Å². The van der Waals surface area contributed by atoms with Crippen LogP contribution in [-0.2, 0) is 11.3 Å². The lowest BCUT2D eigenvalue weighted by atomic mass is 10.1. The van der Waals surface area contributed by atoms with Crippen LogP contribution in [0, 0.1) is 13.8 Å². The van der Waals surface area contributed by atoms with E-state index < -0.39 is 0 Å². The molecule has 4 aromatic rings. The predicted molar refractivity (Wildman–Crippen MR) is 114 cm³/mol. The van der Waals surface area contributed by atoms with Gasteiger partial charge in [0.1, 0.15) is 11.5 Å². The minimum Gasteiger partial charge on any atom is -0.467 e. The molecule has 1 aromatic carbocycles. The van der Waals surface area contributed by atoms with Crippen LogP contribution in [0.1, 0.15) is 16.9 Å². The van der Waals surface area contributed by atoms with Crippen LogP contribution in [-0.4, -0.2) is 36.4 Å². The Balaban J connectivity index is 1.53. The van der Waals surface area contributed by atoms with E-state index in [1.807, 2.05) is 48.7 Å². The van der Waals surface area contributed by atoms with Gasteiger partial charge >= 0.3 is 0 Å².